The number of rotatable bonds is 2. The number of likely N-dealkylation sites (N-methyl/N-ethyl adjacent to an activating group) is 1. The van der Waals surface area contributed by atoms with Crippen molar-refractivity contribution in [3.8, 4) is 0 Å². The van der Waals surface area contributed by atoms with Gasteiger partial charge in [0, 0.05) is 31.7 Å². The number of nitrogens with zero attached hydrogens (tertiary/aromatic N) is 6. The third-order valence-electron chi connectivity index (χ3n) is 5.81. The summed E-state index contributed by atoms with van der Waals surface area (Å²) in [5.41, 5.74) is 2.22. The van der Waals surface area contributed by atoms with Crippen LogP contribution >= 0.6 is 0 Å². The van der Waals surface area contributed by atoms with Gasteiger partial charge < -0.3 is 9.47 Å². The standard InChI is InChI=1S/C17H26N6/c1-3-22-13-20-14-15(22)18-12-19-16(14)23-10-9-21(2)17(11-23)7-5-4-6-8-17/h12-13H,3-11H2,1-2H3. The average molecular weight is 314 g/mol. The van der Waals surface area contributed by atoms with Crippen LogP contribution in [0.15, 0.2) is 12.7 Å². The van der Waals surface area contributed by atoms with E-state index in [4.69, 9.17) is 0 Å². The van der Waals surface area contributed by atoms with Gasteiger partial charge in [0.25, 0.3) is 0 Å². The lowest BCUT2D eigenvalue weighted by molar-refractivity contribution is 0.0633. The van der Waals surface area contributed by atoms with Gasteiger partial charge in [-0.3, -0.25) is 4.90 Å². The predicted octanol–water partition coefficient (Wildman–Crippen LogP) is 2.30. The molecule has 1 aliphatic heterocycles. The van der Waals surface area contributed by atoms with E-state index < -0.39 is 0 Å². The molecule has 2 aliphatic rings. The molecule has 1 saturated heterocycles. The van der Waals surface area contributed by atoms with Gasteiger partial charge in [0.1, 0.15) is 6.33 Å². The zero-order valence-electron chi connectivity index (χ0n) is 14.2. The maximum atomic E-state index is 4.60. The number of fused-ring (bicyclic) bond motifs is 1. The van der Waals surface area contributed by atoms with E-state index in [1.807, 2.05) is 6.33 Å². The third-order valence-corrected chi connectivity index (χ3v) is 5.81. The lowest BCUT2D eigenvalue weighted by Crippen LogP contribution is -2.61. The van der Waals surface area contributed by atoms with Gasteiger partial charge in [0.2, 0.25) is 0 Å². The van der Waals surface area contributed by atoms with Crippen LogP contribution in [-0.4, -0.2) is 56.6 Å². The van der Waals surface area contributed by atoms with Crippen LogP contribution < -0.4 is 4.90 Å². The second-order valence-corrected chi connectivity index (χ2v) is 7.03. The minimum Gasteiger partial charge on any atom is -0.352 e. The number of aromatic nitrogens is 4. The van der Waals surface area contributed by atoms with Crippen molar-refractivity contribution in [1.82, 2.24) is 24.4 Å². The van der Waals surface area contributed by atoms with Gasteiger partial charge in [-0.25, -0.2) is 15.0 Å². The molecule has 6 heteroatoms. The number of piperazine rings is 1. The van der Waals surface area contributed by atoms with Gasteiger partial charge in [-0.05, 0) is 26.8 Å². The lowest BCUT2D eigenvalue weighted by atomic mass is 9.79. The maximum absolute atomic E-state index is 4.60. The Morgan fingerprint density at radius 3 is 2.70 bits per heavy atom. The minimum atomic E-state index is 0.321. The summed E-state index contributed by atoms with van der Waals surface area (Å²) >= 11 is 0. The molecule has 0 unspecified atom stereocenters. The Labute approximate surface area is 137 Å². The Morgan fingerprint density at radius 2 is 1.91 bits per heavy atom. The largest absolute Gasteiger partial charge is 0.352 e. The molecule has 6 nitrogen and oxygen atoms in total. The van der Waals surface area contributed by atoms with E-state index in [1.54, 1.807) is 6.33 Å². The molecule has 0 aromatic carbocycles. The summed E-state index contributed by atoms with van der Waals surface area (Å²) in [6, 6.07) is 0. The van der Waals surface area contributed by atoms with Crippen LogP contribution in [0.5, 0.6) is 0 Å². The predicted molar refractivity (Wildman–Crippen MR) is 91.7 cm³/mol. The van der Waals surface area contributed by atoms with Gasteiger partial charge >= 0.3 is 0 Å². The molecule has 4 rings (SSSR count). The van der Waals surface area contributed by atoms with E-state index in [9.17, 15) is 0 Å². The van der Waals surface area contributed by atoms with Gasteiger partial charge in [-0.2, -0.15) is 0 Å². The SMILES string of the molecule is CCn1cnc2c(N3CCN(C)C4(CCCCC4)C3)ncnc21. The van der Waals surface area contributed by atoms with Gasteiger partial charge in [0.05, 0.1) is 6.33 Å². The number of hydrogen-bond acceptors (Lipinski definition) is 5. The molecular weight excluding hydrogens is 288 g/mol. The summed E-state index contributed by atoms with van der Waals surface area (Å²) in [6.45, 7) is 6.19. The van der Waals surface area contributed by atoms with Crippen LogP contribution in [0.4, 0.5) is 5.82 Å². The average Bonchev–Trinajstić information content (AvgIpc) is 3.01. The highest BCUT2D eigenvalue weighted by Crippen LogP contribution is 2.37. The Kier molecular flexibility index (Phi) is 3.71. The first-order valence-corrected chi connectivity index (χ1v) is 8.85. The van der Waals surface area contributed by atoms with E-state index in [0.717, 1.165) is 43.2 Å². The minimum absolute atomic E-state index is 0.321. The molecule has 0 amide bonds. The monoisotopic (exact) mass is 314 g/mol. The molecule has 23 heavy (non-hydrogen) atoms. The molecule has 124 valence electrons. The normalized spacial score (nSPS) is 22.1. The van der Waals surface area contributed by atoms with E-state index in [0.29, 0.717) is 5.54 Å². The quantitative estimate of drug-likeness (QED) is 0.851. The molecule has 0 atom stereocenters. The Bertz CT molecular complexity index is 687. The first-order chi connectivity index (χ1) is 11.2. The van der Waals surface area contributed by atoms with Gasteiger partial charge in [-0.15, -0.1) is 0 Å². The van der Waals surface area contributed by atoms with Crippen molar-refractivity contribution in [2.24, 2.45) is 0 Å². The summed E-state index contributed by atoms with van der Waals surface area (Å²) < 4.78 is 2.09. The van der Waals surface area contributed by atoms with Crippen molar-refractivity contribution in [3.05, 3.63) is 12.7 Å². The second-order valence-electron chi connectivity index (χ2n) is 7.03. The molecule has 2 aromatic rings. The first kappa shape index (κ1) is 14.9. The van der Waals surface area contributed by atoms with Crippen LogP contribution in [0.1, 0.15) is 39.0 Å². The topological polar surface area (TPSA) is 50.1 Å². The highest BCUT2D eigenvalue weighted by Gasteiger charge is 2.41. The second kappa shape index (κ2) is 5.74. The van der Waals surface area contributed by atoms with Crippen molar-refractivity contribution in [2.45, 2.75) is 51.1 Å². The fourth-order valence-corrected chi connectivity index (χ4v) is 4.32. The van der Waals surface area contributed by atoms with Crippen molar-refractivity contribution >= 4 is 17.0 Å². The van der Waals surface area contributed by atoms with Crippen molar-refractivity contribution in [1.29, 1.82) is 0 Å². The molecule has 0 radical (unpaired) electrons. The highest BCUT2D eigenvalue weighted by molar-refractivity contribution is 5.83. The molecule has 1 aliphatic carbocycles. The van der Waals surface area contributed by atoms with Crippen LogP contribution in [-0.2, 0) is 6.54 Å². The summed E-state index contributed by atoms with van der Waals surface area (Å²) in [7, 11) is 2.30. The zero-order valence-corrected chi connectivity index (χ0v) is 14.2. The highest BCUT2D eigenvalue weighted by atomic mass is 15.3. The summed E-state index contributed by atoms with van der Waals surface area (Å²) in [4.78, 5) is 18.7. The van der Waals surface area contributed by atoms with Crippen LogP contribution in [0.2, 0.25) is 0 Å². The molecule has 1 saturated carbocycles. The van der Waals surface area contributed by atoms with Gasteiger partial charge in [0.15, 0.2) is 17.0 Å². The Morgan fingerprint density at radius 1 is 1.09 bits per heavy atom. The Hall–Kier alpha value is -1.69. The van der Waals surface area contributed by atoms with E-state index >= 15 is 0 Å². The summed E-state index contributed by atoms with van der Waals surface area (Å²) in [5.74, 6) is 1.01. The molecule has 0 bridgehead atoms. The van der Waals surface area contributed by atoms with Gasteiger partial charge in [-0.1, -0.05) is 19.3 Å². The molecule has 2 fully saturated rings. The smallest absolute Gasteiger partial charge is 0.165 e. The number of anilines is 1. The maximum Gasteiger partial charge on any atom is 0.165 e. The van der Waals surface area contributed by atoms with E-state index in [2.05, 4.69) is 43.3 Å². The molecule has 3 heterocycles. The fourth-order valence-electron chi connectivity index (χ4n) is 4.32. The lowest BCUT2D eigenvalue weighted by Gasteiger charge is -2.51. The van der Waals surface area contributed by atoms with E-state index in [-0.39, 0.29) is 0 Å². The van der Waals surface area contributed by atoms with E-state index in [1.165, 1.54) is 32.1 Å². The van der Waals surface area contributed by atoms with Crippen molar-refractivity contribution in [2.75, 3.05) is 31.6 Å². The summed E-state index contributed by atoms with van der Waals surface area (Å²) in [5, 5.41) is 0. The number of aryl methyl sites for hydroxylation is 1. The Balaban J connectivity index is 1.69. The van der Waals surface area contributed by atoms with Crippen LogP contribution in [0.3, 0.4) is 0 Å². The molecular formula is C17H26N6. The van der Waals surface area contributed by atoms with Crippen LogP contribution in [0.25, 0.3) is 11.2 Å². The molecule has 2 aromatic heterocycles. The van der Waals surface area contributed by atoms with Crippen molar-refractivity contribution in [3.63, 3.8) is 0 Å². The fraction of sp³-hybridized carbons (Fsp3) is 0.706. The molecule has 1 spiro atoms. The third kappa shape index (κ3) is 2.40. The summed E-state index contributed by atoms with van der Waals surface area (Å²) in [6.07, 6.45) is 10.3. The zero-order chi connectivity index (χ0) is 15.9. The number of hydrogen-bond donors (Lipinski definition) is 0. The first-order valence-electron chi connectivity index (χ1n) is 8.85. The number of imidazole rings is 1. The molecule has 0 N–H and O–H groups in total. The van der Waals surface area contributed by atoms with Crippen LogP contribution in [0, 0.1) is 0 Å². The van der Waals surface area contributed by atoms with Crippen molar-refractivity contribution < 1.29 is 0 Å².